The van der Waals surface area contributed by atoms with Crippen molar-refractivity contribution in [1.29, 1.82) is 0 Å². The fraction of sp³-hybridized carbons (Fsp3) is 0.583. The summed E-state index contributed by atoms with van der Waals surface area (Å²) in [5, 5.41) is 9.51. The van der Waals surface area contributed by atoms with E-state index < -0.39 is 6.04 Å². The Morgan fingerprint density at radius 1 is 1.58 bits per heavy atom. The molecule has 1 aromatic rings. The van der Waals surface area contributed by atoms with Crippen LogP contribution < -0.4 is 11.1 Å². The van der Waals surface area contributed by atoms with Crippen molar-refractivity contribution in [2.75, 3.05) is 18.8 Å². The van der Waals surface area contributed by atoms with E-state index >= 15 is 0 Å². The minimum atomic E-state index is -0.494. The van der Waals surface area contributed by atoms with Gasteiger partial charge in [0.25, 0.3) is 5.91 Å². The molecule has 0 bridgehead atoms. The largest absolute Gasteiger partial charge is 0.395 e. The lowest BCUT2D eigenvalue weighted by molar-refractivity contribution is -0.127. The van der Waals surface area contributed by atoms with Crippen LogP contribution in [0.1, 0.15) is 36.5 Å². The second kappa shape index (κ2) is 5.29. The van der Waals surface area contributed by atoms with Gasteiger partial charge in [0.15, 0.2) is 5.69 Å². The summed E-state index contributed by atoms with van der Waals surface area (Å²) < 4.78 is 0. The zero-order valence-electron chi connectivity index (χ0n) is 11.2. The highest BCUT2D eigenvalue weighted by atomic mass is 16.2. The molecule has 1 saturated heterocycles. The van der Waals surface area contributed by atoms with Gasteiger partial charge in [-0.05, 0) is 13.3 Å². The number of hydrogen-bond acceptors (Lipinski definition) is 4. The van der Waals surface area contributed by atoms with Crippen LogP contribution in [0.5, 0.6) is 0 Å². The van der Waals surface area contributed by atoms with Gasteiger partial charge >= 0.3 is 0 Å². The molecule has 0 aromatic carbocycles. The Labute approximate surface area is 111 Å². The molecule has 2 amide bonds. The van der Waals surface area contributed by atoms with Gasteiger partial charge in [-0.15, -0.1) is 0 Å². The minimum absolute atomic E-state index is 0.150. The smallest absolute Gasteiger partial charge is 0.277 e. The molecule has 1 aliphatic heterocycles. The van der Waals surface area contributed by atoms with Crippen LogP contribution >= 0.6 is 0 Å². The van der Waals surface area contributed by atoms with Gasteiger partial charge in [-0.3, -0.25) is 14.7 Å². The molecule has 4 N–H and O–H groups in total. The summed E-state index contributed by atoms with van der Waals surface area (Å²) in [6.45, 7) is 4.66. The number of aromatic amines is 1. The number of carbonyl (C=O) groups excluding carboxylic acids is 2. The second-order valence-corrected chi connectivity index (χ2v) is 4.68. The molecule has 1 aliphatic rings. The fourth-order valence-corrected chi connectivity index (χ4v) is 2.19. The van der Waals surface area contributed by atoms with E-state index in [1.807, 2.05) is 6.92 Å². The number of hydrogen-bond donors (Lipinski definition) is 3. The van der Waals surface area contributed by atoms with E-state index in [-0.39, 0.29) is 17.5 Å². The third-order valence-corrected chi connectivity index (χ3v) is 3.35. The maximum Gasteiger partial charge on any atom is 0.277 e. The van der Waals surface area contributed by atoms with Crippen molar-refractivity contribution < 1.29 is 9.59 Å². The molecule has 0 aliphatic carbocycles. The summed E-state index contributed by atoms with van der Waals surface area (Å²) >= 11 is 0. The van der Waals surface area contributed by atoms with Crippen LogP contribution in [0.3, 0.4) is 0 Å². The van der Waals surface area contributed by atoms with E-state index in [4.69, 9.17) is 5.73 Å². The van der Waals surface area contributed by atoms with E-state index in [9.17, 15) is 9.59 Å². The molecule has 1 unspecified atom stereocenters. The average Bonchev–Trinajstić information content (AvgIpc) is 2.74. The van der Waals surface area contributed by atoms with Crippen LogP contribution in [-0.4, -0.2) is 46.0 Å². The molecule has 7 heteroatoms. The van der Waals surface area contributed by atoms with E-state index in [1.54, 1.807) is 6.92 Å². The maximum absolute atomic E-state index is 12.4. The molecule has 104 valence electrons. The van der Waals surface area contributed by atoms with Gasteiger partial charge in [0.1, 0.15) is 6.04 Å². The Hall–Kier alpha value is -2.05. The molecule has 2 rings (SSSR count). The molecular formula is C12H19N5O2. The Balaban J connectivity index is 2.21. The van der Waals surface area contributed by atoms with Gasteiger partial charge in [0.05, 0.1) is 11.4 Å². The normalized spacial score (nSPS) is 19.4. The number of nitrogens with two attached hydrogens (primary N) is 1. The number of nitrogen functional groups attached to an aromatic ring is 1. The van der Waals surface area contributed by atoms with Crippen LogP contribution in [0.15, 0.2) is 0 Å². The number of piperazine rings is 1. The number of rotatable bonds is 3. The molecule has 1 atom stereocenters. The zero-order valence-corrected chi connectivity index (χ0v) is 11.2. The first-order chi connectivity index (χ1) is 9.06. The predicted octanol–water partition coefficient (Wildman–Crippen LogP) is -0.0951. The van der Waals surface area contributed by atoms with Crippen molar-refractivity contribution in [3.8, 4) is 0 Å². The number of aromatic nitrogens is 2. The molecule has 1 fully saturated rings. The SMILES string of the molecule is CCCc1[nH]nc(C(=O)N2CCNC(=O)C2C)c1N. The van der Waals surface area contributed by atoms with E-state index in [0.29, 0.717) is 18.8 Å². The Kier molecular flexibility index (Phi) is 3.73. The summed E-state index contributed by atoms with van der Waals surface area (Å²) in [6.07, 6.45) is 1.67. The lowest BCUT2D eigenvalue weighted by Crippen LogP contribution is -2.56. The summed E-state index contributed by atoms with van der Waals surface area (Å²) in [6, 6.07) is -0.494. The molecular weight excluding hydrogens is 246 g/mol. The highest BCUT2D eigenvalue weighted by molar-refractivity contribution is 6.00. The predicted molar refractivity (Wildman–Crippen MR) is 70.5 cm³/mol. The number of aryl methyl sites for hydroxylation is 1. The number of nitrogens with zero attached hydrogens (tertiary/aromatic N) is 2. The summed E-state index contributed by atoms with van der Waals surface area (Å²) in [4.78, 5) is 25.4. The van der Waals surface area contributed by atoms with Crippen molar-refractivity contribution >= 4 is 17.5 Å². The monoisotopic (exact) mass is 265 g/mol. The van der Waals surface area contributed by atoms with Gasteiger partial charge in [-0.25, -0.2) is 0 Å². The first-order valence-electron chi connectivity index (χ1n) is 6.47. The van der Waals surface area contributed by atoms with Gasteiger partial charge in [0, 0.05) is 13.1 Å². The Bertz CT molecular complexity index is 496. The first kappa shape index (κ1) is 13.4. The van der Waals surface area contributed by atoms with Crippen molar-refractivity contribution in [3.63, 3.8) is 0 Å². The molecule has 19 heavy (non-hydrogen) atoms. The molecule has 0 spiro atoms. The molecule has 2 heterocycles. The van der Waals surface area contributed by atoms with E-state index in [2.05, 4.69) is 15.5 Å². The van der Waals surface area contributed by atoms with Crippen LogP contribution in [0.25, 0.3) is 0 Å². The van der Waals surface area contributed by atoms with Crippen molar-refractivity contribution in [3.05, 3.63) is 11.4 Å². The summed E-state index contributed by atoms with van der Waals surface area (Å²) in [5.74, 6) is -0.444. The summed E-state index contributed by atoms with van der Waals surface area (Å²) in [7, 11) is 0. The topological polar surface area (TPSA) is 104 Å². The van der Waals surface area contributed by atoms with Crippen LogP contribution in [0.2, 0.25) is 0 Å². The van der Waals surface area contributed by atoms with E-state index in [1.165, 1.54) is 4.90 Å². The van der Waals surface area contributed by atoms with Crippen molar-refractivity contribution in [2.45, 2.75) is 32.7 Å². The fourth-order valence-electron chi connectivity index (χ4n) is 2.19. The average molecular weight is 265 g/mol. The van der Waals surface area contributed by atoms with Crippen molar-refractivity contribution in [1.82, 2.24) is 20.4 Å². The Morgan fingerprint density at radius 3 is 3.00 bits per heavy atom. The van der Waals surface area contributed by atoms with Crippen LogP contribution in [0, 0.1) is 0 Å². The Morgan fingerprint density at radius 2 is 2.32 bits per heavy atom. The highest BCUT2D eigenvalue weighted by Crippen LogP contribution is 2.19. The third kappa shape index (κ3) is 2.40. The number of amides is 2. The number of anilines is 1. The molecule has 1 aromatic heterocycles. The highest BCUT2D eigenvalue weighted by Gasteiger charge is 2.32. The van der Waals surface area contributed by atoms with Gasteiger partial charge in [0.2, 0.25) is 5.91 Å². The van der Waals surface area contributed by atoms with Crippen LogP contribution in [-0.2, 0) is 11.2 Å². The molecule has 7 nitrogen and oxygen atoms in total. The minimum Gasteiger partial charge on any atom is -0.395 e. The third-order valence-electron chi connectivity index (χ3n) is 3.35. The van der Waals surface area contributed by atoms with Crippen LogP contribution in [0.4, 0.5) is 5.69 Å². The summed E-state index contributed by atoms with van der Waals surface area (Å²) in [5.41, 5.74) is 7.32. The van der Waals surface area contributed by atoms with E-state index in [0.717, 1.165) is 18.5 Å². The quantitative estimate of drug-likeness (QED) is 0.710. The maximum atomic E-state index is 12.4. The lowest BCUT2D eigenvalue weighted by Gasteiger charge is -2.32. The van der Waals surface area contributed by atoms with Gasteiger partial charge < -0.3 is 16.0 Å². The number of nitrogens with one attached hydrogen (secondary N) is 2. The first-order valence-corrected chi connectivity index (χ1v) is 6.47. The van der Waals surface area contributed by atoms with Crippen molar-refractivity contribution in [2.24, 2.45) is 0 Å². The molecule has 0 saturated carbocycles. The number of carbonyl (C=O) groups is 2. The number of H-pyrrole nitrogens is 1. The van der Waals surface area contributed by atoms with Gasteiger partial charge in [-0.2, -0.15) is 5.10 Å². The zero-order chi connectivity index (χ0) is 14.0. The molecule has 0 radical (unpaired) electrons. The lowest BCUT2D eigenvalue weighted by atomic mass is 10.1. The van der Waals surface area contributed by atoms with Gasteiger partial charge in [-0.1, -0.05) is 13.3 Å². The second-order valence-electron chi connectivity index (χ2n) is 4.68. The standard InChI is InChI=1S/C12H19N5O2/c1-3-4-8-9(13)10(16-15-8)12(19)17-6-5-14-11(18)7(17)2/h7H,3-6,13H2,1-2H3,(H,14,18)(H,15,16).